The number of anilines is 2. The second kappa shape index (κ2) is 7.91. The summed E-state index contributed by atoms with van der Waals surface area (Å²) in [5.41, 5.74) is 6.10. The van der Waals surface area contributed by atoms with Gasteiger partial charge in [0.15, 0.2) is 0 Å². The Labute approximate surface area is 97.7 Å². The number of rotatable bonds is 8. The molecular weight excluding hydrogens is 200 g/mol. The summed E-state index contributed by atoms with van der Waals surface area (Å²) in [6, 6.07) is 0. The van der Waals surface area contributed by atoms with E-state index in [1.54, 1.807) is 12.4 Å². The summed E-state index contributed by atoms with van der Waals surface area (Å²) < 4.78 is 0. The van der Waals surface area contributed by atoms with E-state index < -0.39 is 0 Å². The molecule has 0 amide bonds. The lowest BCUT2D eigenvalue weighted by molar-refractivity contribution is 0.616. The van der Waals surface area contributed by atoms with Gasteiger partial charge in [0.25, 0.3) is 0 Å². The summed E-state index contributed by atoms with van der Waals surface area (Å²) >= 11 is 0. The Hall–Kier alpha value is -1.32. The van der Waals surface area contributed by atoms with Crippen LogP contribution in [0.15, 0.2) is 12.4 Å². The van der Waals surface area contributed by atoms with E-state index in [0.717, 1.165) is 6.54 Å². The van der Waals surface area contributed by atoms with Crippen LogP contribution in [0.1, 0.15) is 45.4 Å². The highest BCUT2D eigenvalue weighted by Crippen LogP contribution is 2.05. The van der Waals surface area contributed by atoms with Crippen molar-refractivity contribution in [2.24, 2.45) is 0 Å². The van der Waals surface area contributed by atoms with Crippen molar-refractivity contribution in [1.29, 1.82) is 0 Å². The van der Waals surface area contributed by atoms with Crippen LogP contribution in [-0.4, -0.2) is 16.5 Å². The van der Waals surface area contributed by atoms with E-state index in [0.29, 0.717) is 11.6 Å². The van der Waals surface area contributed by atoms with E-state index in [1.807, 2.05) is 0 Å². The first-order valence-electron chi connectivity index (χ1n) is 6.14. The van der Waals surface area contributed by atoms with Crippen molar-refractivity contribution in [3.63, 3.8) is 0 Å². The maximum atomic E-state index is 5.50. The van der Waals surface area contributed by atoms with Crippen molar-refractivity contribution in [3.05, 3.63) is 12.4 Å². The molecule has 0 atom stereocenters. The van der Waals surface area contributed by atoms with Gasteiger partial charge in [-0.25, -0.2) is 9.97 Å². The third kappa shape index (κ3) is 5.53. The Kier molecular flexibility index (Phi) is 6.30. The summed E-state index contributed by atoms with van der Waals surface area (Å²) in [7, 11) is 0. The SMILES string of the molecule is CCCCCCCCNc1ncc(N)cn1. The molecule has 0 saturated heterocycles. The molecule has 0 radical (unpaired) electrons. The van der Waals surface area contributed by atoms with E-state index >= 15 is 0 Å². The number of aromatic nitrogens is 2. The number of hydrogen-bond acceptors (Lipinski definition) is 4. The van der Waals surface area contributed by atoms with E-state index in [4.69, 9.17) is 5.73 Å². The van der Waals surface area contributed by atoms with Crippen LogP contribution >= 0.6 is 0 Å². The second-order valence-corrected chi connectivity index (χ2v) is 4.03. The topological polar surface area (TPSA) is 63.8 Å². The third-order valence-electron chi connectivity index (χ3n) is 2.49. The number of hydrogen-bond donors (Lipinski definition) is 2. The Morgan fingerprint density at radius 3 is 2.38 bits per heavy atom. The lowest BCUT2D eigenvalue weighted by atomic mass is 10.1. The minimum absolute atomic E-state index is 0.602. The van der Waals surface area contributed by atoms with E-state index in [1.165, 1.54) is 38.5 Å². The second-order valence-electron chi connectivity index (χ2n) is 4.03. The summed E-state index contributed by atoms with van der Waals surface area (Å²) in [6.07, 6.45) is 11.0. The molecule has 90 valence electrons. The standard InChI is InChI=1S/C12H22N4/c1-2-3-4-5-6-7-8-14-12-15-9-11(13)10-16-12/h9-10H,2-8,13H2,1H3,(H,14,15,16). The molecule has 0 fully saturated rings. The molecule has 3 N–H and O–H groups in total. The average Bonchev–Trinajstić information content (AvgIpc) is 2.30. The normalized spacial score (nSPS) is 10.3. The number of nitrogens with zero attached hydrogens (tertiary/aromatic N) is 2. The summed E-state index contributed by atoms with van der Waals surface area (Å²) in [5.74, 6) is 0.669. The highest BCUT2D eigenvalue weighted by atomic mass is 15.1. The van der Waals surface area contributed by atoms with Gasteiger partial charge in [-0.3, -0.25) is 0 Å². The molecular formula is C12H22N4. The minimum atomic E-state index is 0.602. The first-order valence-corrected chi connectivity index (χ1v) is 6.14. The Balaban J connectivity index is 2.01. The van der Waals surface area contributed by atoms with Gasteiger partial charge in [-0.1, -0.05) is 39.0 Å². The van der Waals surface area contributed by atoms with Crippen LogP contribution in [-0.2, 0) is 0 Å². The predicted molar refractivity (Wildman–Crippen MR) is 68.3 cm³/mol. The third-order valence-corrected chi connectivity index (χ3v) is 2.49. The predicted octanol–water partition coefficient (Wildman–Crippen LogP) is 2.83. The molecule has 4 nitrogen and oxygen atoms in total. The smallest absolute Gasteiger partial charge is 0.222 e. The highest BCUT2D eigenvalue weighted by molar-refractivity contribution is 5.35. The maximum Gasteiger partial charge on any atom is 0.222 e. The highest BCUT2D eigenvalue weighted by Gasteiger charge is 1.94. The van der Waals surface area contributed by atoms with Crippen molar-refractivity contribution >= 4 is 11.6 Å². The molecule has 1 heterocycles. The fourth-order valence-corrected chi connectivity index (χ4v) is 1.53. The van der Waals surface area contributed by atoms with Gasteiger partial charge in [0.05, 0.1) is 18.1 Å². The zero-order valence-electron chi connectivity index (χ0n) is 10.1. The molecule has 0 spiro atoms. The molecule has 0 saturated carbocycles. The molecule has 1 rings (SSSR count). The number of unbranched alkanes of at least 4 members (excludes halogenated alkanes) is 5. The number of nitrogens with one attached hydrogen (secondary N) is 1. The Morgan fingerprint density at radius 1 is 1.06 bits per heavy atom. The van der Waals surface area contributed by atoms with Crippen LogP contribution in [0.25, 0.3) is 0 Å². The Bertz CT molecular complexity index is 271. The van der Waals surface area contributed by atoms with Crippen molar-refractivity contribution in [2.75, 3.05) is 17.6 Å². The van der Waals surface area contributed by atoms with Crippen molar-refractivity contribution in [3.8, 4) is 0 Å². The number of nitrogens with two attached hydrogens (primary N) is 1. The fraction of sp³-hybridized carbons (Fsp3) is 0.667. The lowest BCUT2D eigenvalue weighted by Crippen LogP contribution is -2.05. The fourth-order valence-electron chi connectivity index (χ4n) is 1.53. The first kappa shape index (κ1) is 12.7. The molecule has 1 aromatic rings. The van der Waals surface area contributed by atoms with E-state index in [9.17, 15) is 0 Å². The van der Waals surface area contributed by atoms with Gasteiger partial charge in [-0.2, -0.15) is 0 Å². The van der Waals surface area contributed by atoms with Crippen LogP contribution in [0.4, 0.5) is 11.6 Å². The molecule has 1 aromatic heterocycles. The maximum absolute atomic E-state index is 5.50. The quantitative estimate of drug-likeness (QED) is 0.664. The largest absolute Gasteiger partial charge is 0.396 e. The monoisotopic (exact) mass is 222 g/mol. The van der Waals surface area contributed by atoms with Gasteiger partial charge < -0.3 is 11.1 Å². The van der Waals surface area contributed by atoms with Crippen LogP contribution < -0.4 is 11.1 Å². The molecule has 0 aliphatic carbocycles. The molecule has 0 aliphatic rings. The van der Waals surface area contributed by atoms with Gasteiger partial charge in [0.1, 0.15) is 0 Å². The molecule has 0 unspecified atom stereocenters. The summed E-state index contributed by atoms with van der Waals surface area (Å²) in [6.45, 7) is 3.18. The van der Waals surface area contributed by atoms with Gasteiger partial charge in [-0.05, 0) is 6.42 Å². The van der Waals surface area contributed by atoms with Crippen molar-refractivity contribution < 1.29 is 0 Å². The van der Waals surface area contributed by atoms with Gasteiger partial charge in [-0.15, -0.1) is 0 Å². The van der Waals surface area contributed by atoms with E-state index in [2.05, 4.69) is 22.2 Å². The van der Waals surface area contributed by atoms with Crippen molar-refractivity contribution in [2.45, 2.75) is 45.4 Å². The average molecular weight is 222 g/mol. The van der Waals surface area contributed by atoms with Crippen LogP contribution in [0.5, 0.6) is 0 Å². The minimum Gasteiger partial charge on any atom is -0.396 e. The first-order chi connectivity index (χ1) is 7.83. The van der Waals surface area contributed by atoms with Gasteiger partial charge in [0, 0.05) is 6.54 Å². The van der Waals surface area contributed by atoms with Crippen molar-refractivity contribution in [1.82, 2.24) is 9.97 Å². The molecule has 0 bridgehead atoms. The molecule has 0 aromatic carbocycles. The summed E-state index contributed by atoms with van der Waals surface area (Å²) in [5, 5.41) is 3.18. The van der Waals surface area contributed by atoms with Crippen LogP contribution in [0, 0.1) is 0 Å². The van der Waals surface area contributed by atoms with Gasteiger partial charge >= 0.3 is 0 Å². The molecule has 4 heteroatoms. The van der Waals surface area contributed by atoms with Crippen LogP contribution in [0.2, 0.25) is 0 Å². The zero-order chi connectivity index (χ0) is 11.6. The molecule has 0 aliphatic heterocycles. The number of nitrogen functional groups attached to an aromatic ring is 1. The van der Waals surface area contributed by atoms with Crippen LogP contribution in [0.3, 0.4) is 0 Å². The summed E-state index contributed by atoms with van der Waals surface area (Å²) in [4.78, 5) is 8.16. The van der Waals surface area contributed by atoms with E-state index in [-0.39, 0.29) is 0 Å². The molecule has 16 heavy (non-hydrogen) atoms. The lowest BCUT2D eigenvalue weighted by Gasteiger charge is -2.04. The zero-order valence-corrected chi connectivity index (χ0v) is 10.1. The van der Waals surface area contributed by atoms with Gasteiger partial charge in [0.2, 0.25) is 5.95 Å². The Morgan fingerprint density at radius 2 is 1.69 bits per heavy atom.